The van der Waals surface area contributed by atoms with E-state index in [1.165, 1.54) is 22.8 Å². The number of alkyl halides is 3. The van der Waals surface area contributed by atoms with Crippen molar-refractivity contribution in [2.24, 2.45) is 7.05 Å². The number of benzene rings is 1. The normalized spacial score (nSPS) is 19.9. The minimum atomic E-state index is -4.40. The van der Waals surface area contributed by atoms with Gasteiger partial charge in [-0.05, 0) is 43.2 Å². The van der Waals surface area contributed by atoms with Crippen molar-refractivity contribution < 1.29 is 18.3 Å². The number of nitrogens with zero attached hydrogens (tertiary/aromatic N) is 6. The molecule has 1 N–H and O–H groups in total. The molecule has 4 rings (SSSR count). The molecule has 8 nitrogen and oxygen atoms in total. The van der Waals surface area contributed by atoms with Crippen molar-refractivity contribution in [2.75, 3.05) is 24.6 Å². The summed E-state index contributed by atoms with van der Waals surface area (Å²) in [6.07, 6.45) is -3.68. The van der Waals surface area contributed by atoms with Gasteiger partial charge in [0.15, 0.2) is 5.82 Å². The molecule has 0 saturated carbocycles. The lowest BCUT2D eigenvalue weighted by molar-refractivity contribution is -0.137. The highest BCUT2D eigenvalue weighted by molar-refractivity contribution is 5.86. The van der Waals surface area contributed by atoms with E-state index in [-0.39, 0.29) is 24.4 Å². The quantitative estimate of drug-likeness (QED) is 0.574. The Kier molecular flexibility index (Phi) is 7.02. The van der Waals surface area contributed by atoms with Crippen molar-refractivity contribution in [1.29, 1.82) is 5.26 Å². The van der Waals surface area contributed by atoms with Gasteiger partial charge in [-0.2, -0.15) is 23.4 Å². The summed E-state index contributed by atoms with van der Waals surface area (Å²) in [6.45, 7) is 4.52. The number of hydrogen-bond acceptors (Lipinski definition) is 7. The molecule has 190 valence electrons. The highest BCUT2D eigenvalue weighted by atomic mass is 19.4. The van der Waals surface area contributed by atoms with Gasteiger partial charge < -0.3 is 10.0 Å². The molecule has 0 amide bonds. The fraction of sp³-hybridized carbons (Fsp3) is 0.440. The summed E-state index contributed by atoms with van der Waals surface area (Å²) in [5.41, 5.74) is 0.670. The summed E-state index contributed by atoms with van der Waals surface area (Å²) >= 11 is 0. The van der Waals surface area contributed by atoms with Gasteiger partial charge in [-0.25, -0.2) is 9.78 Å². The molecule has 3 aromatic rings. The van der Waals surface area contributed by atoms with Crippen LogP contribution in [0.2, 0.25) is 0 Å². The molecular formula is C25H27F3N6O2. The molecule has 1 unspecified atom stereocenters. The number of aromatic nitrogens is 3. The maximum Gasteiger partial charge on any atom is 0.416 e. The second kappa shape index (κ2) is 9.87. The van der Waals surface area contributed by atoms with Gasteiger partial charge >= 0.3 is 11.9 Å². The van der Waals surface area contributed by atoms with Gasteiger partial charge in [0.25, 0.3) is 0 Å². The first kappa shape index (κ1) is 25.6. The monoisotopic (exact) mass is 500 g/mol. The molecule has 0 radical (unpaired) electrons. The molecule has 36 heavy (non-hydrogen) atoms. The number of pyridine rings is 1. The van der Waals surface area contributed by atoms with Crippen molar-refractivity contribution in [3.63, 3.8) is 0 Å². The maximum absolute atomic E-state index is 13.0. The smallest absolute Gasteiger partial charge is 0.394 e. The number of aliphatic hydroxyl groups excluding tert-OH is 1. The second-order valence-electron chi connectivity index (χ2n) is 9.00. The number of halogens is 3. The molecule has 0 spiro atoms. The zero-order valence-corrected chi connectivity index (χ0v) is 20.2. The van der Waals surface area contributed by atoms with Crippen molar-refractivity contribution in [2.45, 2.75) is 44.6 Å². The zero-order chi connectivity index (χ0) is 26.2. The van der Waals surface area contributed by atoms with Crippen LogP contribution in [0.5, 0.6) is 0 Å². The van der Waals surface area contributed by atoms with Gasteiger partial charge in [0, 0.05) is 32.2 Å². The molecule has 11 heteroatoms. The van der Waals surface area contributed by atoms with E-state index >= 15 is 0 Å². The molecule has 2 aromatic heterocycles. The first-order valence-electron chi connectivity index (χ1n) is 11.7. The molecule has 1 fully saturated rings. The largest absolute Gasteiger partial charge is 0.416 e. The van der Waals surface area contributed by atoms with Crippen LogP contribution in [0.3, 0.4) is 0 Å². The fourth-order valence-electron chi connectivity index (χ4n) is 4.84. The predicted molar refractivity (Wildman–Crippen MR) is 128 cm³/mol. The van der Waals surface area contributed by atoms with Crippen LogP contribution in [-0.4, -0.2) is 56.3 Å². The predicted octanol–water partition coefficient (Wildman–Crippen LogP) is 3.24. The molecule has 0 aliphatic carbocycles. The Balaban J connectivity index is 1.70. The van der Waals surface area contributed by atoms with Crippen LogP contribution in [0.4, 0.5) is 19.0 Å². The van der Waals surface area contributed by atoms with Gasteiger partial charge in [-0.1, -0.05) is 19.1 Å². The van der Waals surface area contributed by atoms with Crippen LogP contribution >= 0.6 is 0 Å². The minimum Gasteiger partial charge on any atom is -0.394 e. The van der Waals surface area contributed by atoms with Gasteiger partial charge in [0.1, 0.15) is 17.3 Å². The van der Waals surface area contributed by atoms with Gasteiger partial charge in [0.2, 0.25) is 0 Å². The number of aliphatic hydroxyl groups is 1. The van der Waals surface area contributed by atoms with Gasteiger partial charge in [0.05, 0.1) is 23.7 Å². The van der Waals surface area contributed by atoms with E-state index < -0.39 is 23.5 Å². The Hall–Kier alpha value is -3.49. The third-order valence-electron chi connectivity index (χ3n) is 6.96. The third kappa shape index (κ3) is 4.66. The Labute approximate surface area is 206 Å². The SMILES string of the molecule is CC[C@@H]1CN(c2nc(=O)n(C)c3ccc(C#N)nc23)[C@@H](CO)CN1C(C)c1ccc(C(F)(F)F)cc1. The van der Waals surface area contributed by atoms with E-state index in [9.17, 15) is 28.3 Å². The number of anilines is 1. The van der Waals surface area contributed by atoms with Crippen molar-refractivity contribution in [3.8, 4) is 6.07 Å². The van der Waals surface area contributed by atoms with Crippen LogP contribution in [-0.2, 0) is 13.2 Å². The van der Waals surface area contributed by atoms with Crippen LogP contribution in [0, 0.1) is 11.3 Å². The average molecular weight is 501 g/mol. The summed E-state index contributed by atoms with van der Waals surface area (Å²) in [7, 11) is 1.58. The van der Waals surface area contributed by atoms with Gasteiger partial charge in [-0.15, -0.1) is 0 Å². The third-order valence-corrected chi connectivity index (χ3v) is 6.96. The summed E-state index contributed by atoms with van der Waals surface area (Å²) < 4.78 is 40.4. The lowest BCUT2D eigenvalue weighted by atomic mass is 9.97. The second-order valence-corrected chi connectivity index (χ2v) is 9.00. The van der Waals surface area contributed by atoms with Crippen molar-refractivity contribution in [1.82, 2.24) is 19.4 Å². The summed E-state index contributed by atoms with van der Waals surface area (Å²) in [4.78, 5) is 25.3. The number of piperazine rings is 1. The Morgan fingerprint density at radius 2 is 1.83 bits per heavy atom. The van der Waals surface area contributed by atoms with E-state index in [1.807, 2.05) is 24.8 Å². The number of rotatable bonds is 5. The highest BCUT2D eigenvalue weighted by Gasteiger charge is 2.37. The first-order chi connectivity index (χ1) is 17.1. The number of fused-ring (bicyclic) bond motifs is 1. The van der Waals surface area contributed by atoms with E-state index in [0.717, 1.165) is 24.1 Å². The van der Waals surface area contributed by atoms with E-state index in [2.05, 4.69) is 14.9 Å². The van der Waals surface area contributed by atoms with E-state index in [1.54, 1.807) is 13.1 Å². The van der Waals surface area contributed by atoms with Crippen molar-refractivity contribution in [3.05, 3.63) is 63.7 Å². The standard InChI is InChI=1S/C25H27F3N6O2/c1-4-19-12-34(23-22-21(32(3)24(36)31-23)10-9-18(11-29)30-22)20(14-35)13-33(19)15(2)16-5-7-17(8-6-16)25(26,27)28/h5-10,15,19-20,35H,4,12-14H2,1-3H3/t15?,19-,20-/m1/s1. The van der Waals surface area contributed by atoms with Crippen LogP contribution in [0.25, 0.3) is 11.0 Å². The van der Waals surface area contributed by atoms with Crippen molar-refractivity contribution >= 4 is 16.9 Å². The number of aryl methyl sites for hydroxylation is 1. The molecule has 1 saturated heterocycles. The topological polar surface area (TPSA) is 98.3 Å². The Morgan fingerprint density at radius 1 is 1.14 bits per heavy atom. The number of hydrogen-bond donors (Lipinski definition) is 1. The van der Waals surface area contributed by atoms with Crippen LogP contribution < -0.4 is 10.6 Å². The van der Waals surface area contributed by atoms with Crippen LogP contribution in [0.15, 0.2) is 41.2 Å². The van der Waals surface area contributed by atoms with Crippen LogP contribution in [0.1, 0.15) is 43.1 Å². The Bertz CT molecular complexity index is 1350. The summed E-state index contributed by atoms with van der Waals surface area (Å²) in [6, 6.07) is 9.66. The molecule has 1 aliphatic rings. The summed E-state index contributed by atoms with van der Waals surface area (Å²) in [5, 5.41) is 19.6. The van der Waals surface area contributed by atoms with E-state index in [0.29, 0.717) is 29.9 Å². The zero-order valence-electron chi connectivity index (χ0n) is 20.2. The fourth-order valence-corrected chi connectivity index (χ4v) is 4.84. The molecular weight excluding hydrogens is 473 g/mol. The molecule has 1 aliphatic heterocycles. The Morgan fingerprint density at radius 3 is 2.42 bits per heavy atom. The van der Waals surface area contributed by atoms with E-state index in [4.69, 9.17) is 0 Å². The lowest BCUT2D eigenvalue weighted by Gasteiger charge is -2.48. The van der Waals surface area contributed by atoms with Gasteiger partial charge in [-0.3, -0.25) is 9.47 Å². The summed E-state index contributed by atoms with van der Waals surface area (Å²) in [5.74, 6) is 0.310. The molecule has 0 bridgehead atoms. The lowest BCUT2D eigenvalue weighted by Crippen LogP contribution is -2.60. The molecule has 3 atom stereocenters. The number of nitriles is 1. The maximum atomic E-state index is 13.0. The first-order valence-corrected chi connectivity index (χ1v) is 11.7. The molecule has 1 aromatic carbocycles. The minimum absolute atomic E-state index is 0.0369. The highest BCUT2D eigenvalue weighted by Crippen LogP contribution is 2.34. The average Bonchev–Trinajstić information content (AvgIpc) is 2.88. The molecule has 3 heterocycles.